The number of fused-ring (bicyclic) bond motifs is 5. The third kappa shape index (κ3) is 3.70. The molecule has 200 valence electrons. The van der Waals surface area contributed by atoms with E-state index >= 15 is 0 Å². The lowest BCUT2D eigenvalue weighted by Crippen LogP contribution is -2.69. The second-order valence-electron chi connectivity index (χ2n) is 13.3. The molecule has 0 saturated heterocycles. The van der Waals surface area contributed by atoms with Crippen LogP contribution in [0.1, 0.15) is 86.0 Å². The molecule has 4 rings (SSSR count). The molecule has 3 fully saturated rings. The normalized spacial score (nSPS) is 48.3. The number of carbonyl (C=O) groups is 1. The zero-order valence-corrected chi connectivity index (χ0v) is 21.7. The van der Waals surface area contributed by atoms with Gasteiger partial charge in [0.15, 0.2) is 5.78 Å². The van der Waals surface area contributed by atoms with Gasteiger partial charge in [-0.05, 0) is 89.2 Å². The van der Waals surface area contributed by atoms with E-state index in [2.05, 4.69) is 0 Å². The lowest BCUT2D eigenvalue weighted by atomic mass is 9.44. The molecule has 8 heteroatoms. The number of rotatable bonds is 5. The van der Waals surface area contributed by atoms with E-state index < -0.39 is 63.2 Å². The molecule has 0 amide bonds. The molecule has 0 radical (unpaired) electrons. The van der Waals surface area contributed by atoms with Crippen LogP contribution in [0, 0.1) is 22.7 Å². The summed E-state index contributed by atoms with van der Waals surface area (Å²) in [4.78, 5) is 13.3. The maximum atomic E-state index is 13.3. The van der Waals surface area contributed by atoms with Gasteiger partial charge in [-0.15, -0.1) is 0 Å². The molecule has 0 spiro atoms. The molecule has 8 nitrogen and oxygen atoms in total. The summed E-state index contributed by atoms with van der Waals surface area (Å²) in [5.74, 6) is -1.38. The van der Waals surface area contributed by atoms with Gasteiger partial charge >= 0.3 is 0 Å². The predicted octanol–water partition coefficient (Wildman–Crippen LogP) is 0.969. The van der Waals surface area contributed by atoms with Gasteiger partial charge in [0.1, 0.15) is 5.60 Å². The second kappa shape index (κ2) is 8.06. The van der Waals surface area contributed by atoms with Gasteiger partial charge < -0.3 is 35.7 Å². The predicted molar refractivity (Wildman–Crippen MR) is 128 cm³/mol. The van der Waals surface area contributed by atoms with Gasteiger partial charge in [0, 0.05) is 17.3 Å². The summed E-state index contributed by atoms with van der Waals surface area (Å²) in [6.07, 6.45) is 0.0884. The molecule has 0 heterocycles. The summed E-state index contributed by atoms with van der Waals surface area (Å²) in [6, 6.07) is 0. The van der Waals surface area contributed by atoms with Crippen molar-refractivity contribution in [2.45, 2.75) is 127 Å². The van der Waals surface area contributed by atoms with Crippen LogP contribution in [0.3, 0.4) is 0 Å². The smallest absolute Gasteiger partial charge is 0.187 e. The molecule has 0 aliphatic heterocycles. The first-order chi connectivity index (χ1) is 15.8. The molecular weight excluding hydrogens is 452 g/mol. The summed E-state index contributed by atoms with van der Waals surface area (Å²) in [5, 5.41) is 77.0. The Morgan fingerprint density at radius 3 is 2.17 bits per heavy atom. The number of ketones is 1. The zero-order valence-electron chi connectivity index (χ0n) is 21.7. The largest absolute Gasteiger partial charge is 0.390 e. The summed E-state index contributed by atoms with van der Waals surface area (Å²) >= 11 is 0. The summed E-state index contributed by atoms with van der Waals surface area (Å²) in [5.41, 5.74) is -7.07. The zero-order chi connectivity index (χ0) is 26.4. The van der Waals surface area contributed by atoms with E-state index in [1.807, 2.05) is 6.92 Å². The van der Waals surface area contributed by atoms with Gasteiger partial charge in [-0.1, -0.05) is 13.8 Å². The monoisotopic (exact) mass is 496 g/mol. The molecule has 3 saturated carbocycles. The van der Waals surface area contributed by atoms with Crippen LogP contribution in [0.2, 0.25) is 0 Å². The fraction of sp³-hybridized carbons (Fsp3) is 0.889. The SMILES string of the molecule is CC(C)(O)CC[C@H](O)[C@](C)(O)[C@H]1CC[C@@]2(O)C3=CC(=O)[C@@]4(O)C[C@@H](O)[C@@H](O)C[C@]4(C)[C@H]3CC[C@]12C. The molecule has 0 unspecified atom stereocenters. The highest BCUT2D eigenvalue weighted by Gasteiger charge is 2.71. The molecule has 7 N–H and O–H groups in total. The van der Waals surface area contributed by atoms with Crippen molar-refractivity contribution < 1.29 is 40.5 Å². The molecule has 0 bridgehead atoms. The van der Waals surface area contributed by atoms with E-state index in [0.717, 1.165) is 0 Å². The fourth-order valence-corrected chi connectivity index (χ4v) is 8.31. The topological polar surface area (TPSA) is 159 Å². The average Bonchev–Trinajstić information content (AvgIpc) is 3.01. The third-order valence-electron chi connectivity index (χ3n) is 10.7. The van der Waals surface area contributed by atoms with Crippen LogP contribution in [0.5, 0.6) is 0 Å². The van der Waals surface area contributed by atoms with Crippen LogP contribution in [-0.2, 0) is 4.79 Å². The third-order valence-corrected chi connectivity index (χ3v) is 10.7. The van der Waals surface area contributed by atoms with Crippen molar-refractivity contribution in [2.75, 3.05) is 0 Å². The number of carbonyl (C=O) groups excluding carboxylic acids is 1. The van der Waals surface area contributed by atoms with Crippen molar-refractivity contribution in [3.05, 3.63) is 11.6 Å². The van der Waals surface area contributed by atoms with E-state index in [-0.39, 0.29) is 25.2 Å². The first-order valence-corrected chi connectivity index (χ1v) is 13.0. The molecule has 4 aliphatic carbocycles. The standard InChI is InChI=1S/C27H44O8/c1-22(2,32)9-8-20(30)25(5,33)19-7-11-26(34)16-12-21(31)27(35)14-18(29)17(28)13-24(27,4)15(16)6-10-23(19,26)3/h12,15,17-20,28-30,32-35H,6-11,13-14H2,1-5H3/t15-,17-,18+,19-,20-,23+,24+,25+,26+,27-/m0/s1. The molecule has 4 aliphatic rings. The second-order valence-corrected chi connectivity index (χ2v) is 13.3. The van der Waals surface area contributed by atoms with Crippen molar-refractivity contribution in [1.29, 1.82) is 0 Å². The van der Waals surface area contributed by atoms with Gasteiger partial charge in [-0.3, -0.25) is 4.79 Å². The van der Waals surface area contributed by atoms with Crippen molar-refractivity contribution in [1.82, 2.24) is 0 Å². The molecule has 0 aromatic heterocycles. The maximum Gasteiger partial charge on any atom is 0.187 e. The van der Waals surface area contributed by atoms with Crippen LogP contribution >= 0.6 is 0 Å². The Morgan fingerprint density at radius 2 is 1.57 bits per heavy atom. The Hall–Kier alpha value is -0.870. The van der Waals surface area contributed by atoms with E-state index in [0.29, 0.717) is 37.7 Å². The van der Waals surface area contributed by atoms with Crippen molar-refractivity contribution >= 4 is 5.78 Å². The van der Waals surface area contributed by atoms with E-state index in [4.69, 9.17) is 0 Å². The van der Waals surface area contributed by atoms with E-state index in [9.17, 15) is 40.5 Å². The van der Waals surface area contributed by atoms with Crippen LogP contribution < -0.4 is 0 Å². The number of aliphatic hydroxyl groups excluding tert-OH is 3. The Balaban J connectivity index is 1.70. The maximum absolute atomic E-state index is 13.3. The first-order valence-electron chi connectivity index (χ1n) is 13.0. The highest BCUT2D eigenvalue weighted by Crippen LogP contribution is 2.69. The van der Waals surface area contributed by atoms with Crippen molar-refractivity contribution in [3.8, 4) is 0 Å². The lowest BCUT2D eigenvalue weighted by Gasteiger charge is -2.62. The summed E-state index contributed by atoms with van der Waals surface area (Å²) in [7, 11) is 0. The average molecular weight is 497 g/mol. The molecule has 35 heavy (non-hydrogen) atoms. The lowest BCUT2D eigenvalue weighted by molar-refractivity contribution is -0.211. The van der Waals surface area contributed by atoms with Crippen molar-refractivity contribution in [2.24, 2.45) is 22.7 Å². The number of hydrogen-bond acceptors (Lipinski definition) is 8. The molecule has 0 aromatic rings. The van der Waals surface area contributed by atoms with E-state index in [1.54, 1.807) is 27.7 Å². The molecular formula is C27H44O8. The first kappa shape index (κ1) is 27.2. The quantitative estimate of drug-likeness (QED) is 0.297. The highest BCUT2D eigenvalue weighted by atomic mass is 16.3. The van der Waals surface area contributed by atoms with Crippen molar-refractivity contribution in [3.63, 3.8) is 0 Å². The summed E-state index contributed by atoms with van der Waals surface area (Å²) < 4.78 is 0. The Kier molecular flexibility index (Phi) is 6.26. The fourth-order valence-electron chi connectivity index (χ4n) is 8.31. The van der Waals surface area contributed by atoms with Gasteiger partial charge in [-0.25, -0.2) is 0 Å². The number of aliphatic hydroxyl groups is 7. The highest BCUT2D eigenvalue weighted by molar-refractivity contribution is 6.00. The minimum Gasteiger partial charge on any atom is -0.390 e. The van der Waals surface area contributed by atoms with Gasteiger partial charge in [0.05, 0.1) is 35.1 Å². The Labute approximate surface area is 207 Å². The van der Waals surface area contributed by atoms with Gasteiger partial charge in [0.25, 0.3) is 0 Å². The minimum atomic E-state index is -1.82. The summed E-state index contributed by atoms with van der Waals surface area (Å²) in [6.45, 7) is 8.58. The van der Waals surface area contributed by atoms with Crippen LogP contribution in [-0.4, -0.2) is 82.2 Å². The van der Waals surface area contributed by atoms with Crippen LogP contribution in [0.15, 0.2) is 11.6 Å². The Bertz CT molecular complexity index is 907. The van der Waals surface area contributed by atoms with Crippen LogP contribution in [0.4, 0.5) is 0 Å². The van der Waals surface area contributed by atoms with E-state index in [1.165, 1.54) is 6.08 Å². The van der Waals surface area contributed by atoms with Crippen LogP contribution in [0.25, 0.3) is 0 Å². The molecule has 0 aromatic carbocycles. The molecule has 10 atom stereocenters. The van der Waals surface area contributed by atoms with Gasteiger partial charge in [0.2, 0.25) is 0 Å². The minimum absolute atomic E-state index is 0.0437. The Morgan fingerprint density at radius 1 is 0.971 bits per heavy atom. The van der Waals surface area contributed by atoms with Gasteiger partial charge in [-0.2, -0.15) is 0 Å². The number of hydrogen-bond donors (Lipinski definition) is 7.